The van der Waals surface area contributed by atoms with E-state index in [0.717, 1.165) is 12.6 Å². The highest BCUT2D eigenvalue weighted by Crippen LogP contribution is 2.25. The second-order valence-corrected chi connectivity index (χ2v) is 4.92. The van der Waals surface area contributed by atoms with Gasteiger partial charge in [-0.1, -0.05) is 0 Å². The second-order valence-electron chi connectivity index (χ2n) is 4.92. The van der Waals surface area contributed by atoms with Crippen LogP contribution in [-0.4, -0.2) is 37.0 Å². The van der Waals surface area contributed by atoms with Gasteiger partial charge in [-0.2, -0.15) is 0 Å². The molecule has 1 saturated carbocycles. The van der Waals surface area contributed by atoms with E-state index >= 15 is 0 Å². The number of halogens is 1. The molecule has 0 atom stereocenters. The lowest BCUT2D eigenvalue weighted by Gasteiger charge is -2.17. The minimum atomic E-state index is -0.657. The van der Waals surface area contributed by atoms with Gasteiger partial charge in [-0.25, -0.2) is 4.39 Å². The molecule has 1 aliphatic rings. The van der Waals surface area contributed by atoms with E-state index in [9.17, 15) is 9.18 Å². The van der Waals surface area contributed by atoms with Crippen LogP contribution < -0.4 is 16.8 Å². The van der Waals surface area contributed by atoms with Crippen molar-refractivity contribution in [2.45, 2.75) is 18.9 Å². The zero-order valence-electron chi connectivity index (χ0n) is 10.9. The number of rotatable bonds is 6. The highest BCUT2D eigenvalue weighted by molar-refractivity contribution is 5.99. The van der Waals surface area contributed by atoms with Crippen LogP contribution in [0.4, 0.5) is 15.8 Å². The number of carbonyl (C=O) groups excluding carboxylic acids is 1. The number of nitrogen functional groups attached to an aromatic ring is 1. The summed E-state index contributed by atoms with van der Waals surface area (Å²) in [5.74, 6) is -1.13. The average Bonchev–Trinajstić information content (AvgIpc) is 3.15. The Balaban J connectivity index is 1.98. The van der Waals surface area contributed by atoms with Crippen LogP contribution in [-0.2, 0) is 0 Å². The van der Waals surface area contributed by atoms with Crippen LogP contribution in [0.15, 0.2) is 12.1 Å². The van der Waals surface area contributed by atoms with E-state index in [0.29, 0.717) is 12.6 Å². The van der Waals surface area contributed by atoms with Crippen molar-refractivity contribution < 1.29 is 9.18 Å². The van der Waals surface area contributed by atoms with Gasteiger partial charge >= 0.3 is 0 Å². The summed E-state index contributed by atoms with van der Waals surface area (Å²) in [5, 5.41) is 2.97. The number of benzene rings is 1. The van der Waals surface area contributed by atoms with Crippen molar-refractivity contribution in [3.05, 3.63) is 23.5 Å². The fourth-order valence-corrected chi connectivity index (χ4v) is 2.00. The van der Waals surface area contributed by atoms with E-state index in [4.69, 9.17) is 11.5 Å². The third-order valence-electron chi connectivity index (χ3n) is 3.35. The lowest BCUT2D eigenvalue weighted by Crippen LogP contribution is -2.27. The molecule has 0 radical (unpaired) electrons. The second kappa shape index (κ2) is 5.44. The van der Waals surface area contributed by atoms with Gasteiger partial charge in [0.05, 0.1) is 11.3 Å². The summed E-state index contributed by atoms with van der Waals surface area (Å²) in [6, 6.07) is 3.15. The maximum absolute atomic E-state index is 13.7. The Bertz CT molecular complexity index is 488. The molecule has 5 N–H and O–H groups in total. The van der Waals surface area contributed by atoms with Gasteiger partial charge in [-0.05, 0) is 32.0 Å². The van der Waals surface area contributed by atoms with Gasteiger partial charge in [-0.3, -0.25) is 4.79 Å². The third-order valence-corrected chi connectivity index (χ3v) is 3.35. The lowest BCUT2D eigenvalue weighted by atomic mass is 10.1. The number of likely N-dealkylation sites (N-methyl/N-ethyl adjacent to an activating group) is 1. The number of nitrogens with one attached hydrogen (secondary N) is 1. The number of primary amides is 1. The number of nitrogens with zero attached hydrogens (tertiary/aromatic N) is 1. The molecule has 104 valence electrons. The van der Waals surface area contributed by atoms with E-state index in [-0.39, 0.29) is 16.9 Å². The van der Waals surface area contributed by atoms with Crippen molar-refractivity contribution in [1.29, 1.82) is 0 Å². The maximum atomic E-state index is 13.7. The van der Waals surface area contributed by atoms with Crippen LogP contribution in [0, 0.1) is 5.82 Å². The summed E-state index contributed by atoms with van der Waals surface area (Å²) in [5.41, 5.74) is 11.2. The van der Waals surface area contributed by atoms with Gasteiger partial charge < -0.3 is 21.7 Å². The number of hydrogen-bond donors (Lipinski definition) is 3. The van der Waals surface area contributed by atoms with E-state index in [1.807, 2.05) is 7.05 Å². The first-order chi connectivity index (χ1) is 8.99. The molecule has 1 fully saturated rings. The zero-order valence-corrected chi connectivity index (χ0v) is 10.9. The van der Waals surface area contributed by atoms with Crippen molar-refractivity contribution in [3.8, 4) is 0 Å². The van der Waals surface area contributed by atoms with Crippen LogP contribution >= 0.6 is 0 Å². The predicted molar refractivity (Wildman–Crippen MR) is 73.5 cm³/mol. The van der Waals surface area contributed by atoms with Gasteiger partial charge in [0, 0.05) is 24.8 Å². The SMILES string of the molecule is CN(CCNc1cc(C(N)=O)c(N)cc1F)C1CC1. The summed E-state index contributed by atoms with van der Waals surface area (Å²) in [6.45, 7) is 1.42. The molecule has 0 spiro atoms. The van der Waals surface area contributed by atoms with Crippen LogP contribution in [0.1, 0.15) is 23.2 Å². The van der Waals surface area contributed by atoms with Gasteiger partial charge in [0.25, 0.3) is 5.91 Å². The van der Waals surface area contributed by atoms with Crippen LogP contribution in [0.5, 0.6) is 0 Å². The smallest absolute Gasteiger partial charge is 0.250 e. The molecule has 2 rings (SSSR count). The molecule has 0 heterocycles. The number of hydrogen-bond acceptors (Lipinski definition) is 4. The first-order valence-electron chi connectivity index (χ1n) is 6.32. The Morgan fingerprint density at radius 2 is 2.21 bits per heavy atom. The maximum Gasteiger partial charge on any atom is 0.250 e. The van der Waals surface area contributed by atoms with Gasteiger partial charge in [0.2, 0.25) is 0 Å². The molecule has 1 amide bonds. The highest BCUT2D eigenvalue weighted by atomic mass is 19.1. The van der Waals surface area contributed by atoms with Gasteiger partial charge in [0.1, 0.15) is 5.82 Å². The van der Waals surface area contributed by atoms with E-state index in [2.05, 4.69) is 10.2 Å². The molecule has 6 heteroatoms. The summed E-state index contributed by atoms with van der Waals surface area (Å²) in [4.78, 5) is 13.4. The summed E-state index contributed by atoms with van der Waals surface area (Å²) >= 11 is 0. The Hall–Kier alpha value is -1.82. The molecule has 0 saturated heterocycles. The average molecular weight is 266 g/mol. The van der Waals surface area contributed by atoms with E-state index in [1.165, 1.54) is 18.9 Å². The number of carbonyl (C=O) groups is 1. The molecule has 5 nitrogen and oxygen atoms in total. The summed E-state index contributed by atoms with van der Waals surface area (Å²) in [7, 11) is 2.05. The zero-order chi connectivity index (χ0) is 14.0. The Kier molecular flexibility index (Phi) is 3.90. The molecule has 0 unspecified atom stereocenters. The number of amides is 1. The molecule has 1 aromatic carbocycles. The Morgan fingerprint density at radius 3 is 2.79 bits per heavy atom. The molecule has 1 aliphatic carbocycles. The van der Waals surface area contributed by atoms with Crippen molar-refractivity contribution in [1.82, 2.24) is 4.90 Å². The first-order valence-corrected chi connectivity index (χ1v) is 6.32. The topological polar surface area (TPSA) is 84.4 Å². The van der Waals surface area contributed by atoms with Crippen molar-refractivity contribution in [2.24, 2.45) is 5.73 Å². The largest absolute Gasteiger partial charge is 0.398 e. The van der Waals surface area contributed by atoms with Crippen LogP contribution in [0.25, 0.3) is 0 Å². The fourth-order valence-electron chi connectivity index (χ4n) is 2.00. The first kappa shape index (κ1) is 13.6. The van der Waals surface area contributed by atoms with Crippen molar-refractivity contribution in [2.75, 3.05) is 31.2 Å². The van der Waals surface area contributed by atoms with E-state index < -0.39 is 11.7 Å². The Labute approximate surface area is 111 Å². The molecular weight excluding hydrogens is 247 g/mol. The molecular formula is C13H19FN4O. The lowest BCUT2D eigenvalue weighted by molar-refractivity contribution is 0.100. The Morgan fingerprint density at radius 1 is 1.53 bits per heavy atom. The fraction of sp³-hybridized carbons (Fsp3) is 0.462. The molecule has 0 aromatic heterocycles. The molecule has 0 aliphatic heterocycles. The third kappa shape index (κ3) is 3.35. The monoisotopic (exact) mass is 266 g/mol. The van der Waals surface area contributed by atoms with Gasteiger partial charge in [-0.15, -0.1) is 0 Å². The normalized spacial score (nSPS) is 14.7. The van der Waals surface area contributed by atoms with Gasteiger partial charge in [0.15, 0.2) is 0 Å². The van der Waals surface area contributed by atoms with E-state index in [1.54, 1.807) is 0 Å². The predicted octanol–water partition coefficient (Wildman–Crippen LogP) is 1.01. The van der Waals surface area contributed by atoms with Crippen LogP contribution in [0.3, 0.4) is 0 Å². The number of anilines is 2. The molecule has 19 heavy (non-hydrogen) atoms. The quantitative estimate of drug-likeness (QED) is 0.671. The van der Waals surface area contributed by atoms with Crippen molar-refractivity contribution in [3.63, 3.8) is 0 Å². The standard InChI is InChI=1S/C13H19FN4O/c1-18(8-2-3-8)5-4-17-12-6-9(13(16)19)11(15)7-10(12)14/h6-8,17H,2-5,15H2,1H3,(H2,16,19). The minimum absolute atomic E-state index is 0.0608. The number of nitrogens with two attached hydrogens (primary N) is 2. The minimum Gasteiger partial charge on any atom is -0.398 e. The molecule has 0 bridgehead atoms. The van der Waals surface area contributed by atoms with Crippen LogP contribution in [0.2, 0.25) is 0 Å². The molecule has 1 aromatic rings. The van der Waals surface area contributed by atoms with Crippen molar-refractivity contribution >= 4 is 17.3 Å². The summed E-state index contributed by atoms with van der Waals surface area (Å²) in [6.07, 6.45) is 2.47. The highest BCUT2D eigenvalue weighted by Gasteiger charge is 2.25. The summed E-state index contributed by atoms with van der Waals surface area (Å²) < 4.78 is 13.7.